The minimum absolute atomic E-state index is 0.150. The Hall–Kier alpha value is -4.94. The van der Waals surface area contributed by atoms with E-state index in [1.807, 2.05) is 0 Å². The van der Waals surface area contributed by atoms with Gasteiger partial charge in [0.15, 0.2) is 11.5 Å². The number of nitrogens with two attached hydrogens (primary N) is 2. The zero-order valence-electron chi connectivity index (χ0n) is 19.4. The van der Waals surface area contributed by atoms with Gasteiger partial charge in [0.2, 0.25) is 5.95 Å². The maximum Gasteiger partial charge on any atom is 0.400 e. The quantitative estimate of drug-likeness (QED) is 0.182. The molecule has 0 aliphatic rings. The molecule has 0 saturated carbocycles. The first-order valence-electron chi connectivity index (χ1n) is 10.6. The number of anilines is 2. The van der Waals surface area contributed by atoms with Crippen LogP contribution in [-0.4, -0.2) is 32.0 Å². The van der Waals surface area contributed by atoms with Gasteiger partial charge in [-0.3, -0.25) is 4.99 Å². The number of amidine groups is 1. The lowest BCUT2D eigenvalue weighted by Crippen LogP contribution is -2.56. The second kappa shape index (κ2) is 9.74. The highest BCUT2D eigenvalue weighted by Crippen LogP contribution is 2.20. The maximum absolute atomic E-state index is 13.7. The molecular formula is C23H23F2N10O+. The number of hydrogen-bond acceptors (Lipinski definition) is 7. The van der Waals surface area contributed by atoms with Crippen molar-refractivity contribution in [3.63, 3.8) is 0 Å². The molecule has 0 bridgehead atoms. The van der Waals surface area contributed by atoms with E-state index < -0.39 is 17.3 Å². The zero-order chi connectivity index (χ0) is 26.0. The molecule has 0 unspecified atom stereocenters. The summed E-state index contributed by atoms with van der Waals surface area (Å²) < 4.78 is 31.0. The van der Waals surface area contributed by atoms with Gasteiger partial charge in [-0.25, -0.2) is 28.1 Å². The van der Waals surface area contributed by atoms with Crippen LogP contribution >= 0.6 is 0 Å². The van der Waals surface area contributed by atoms with Crippen LogP contribution in [0.5, 0.6) is 0 Å². The molecule has 0 radical (unpaired) electrons. The molecule has 0 aliphatic heterocycles. The van der Waals surface area contributed by atoms with Crippen molar-refractivity contribution in [3.8, 4) is 11.3 Å². The third-order valence-corrected chi connectivity index (χ3v) is 5.35. The number of nitrogens with one attached hydrogen (secondary N) is 2. The number of aromatic nitrogens is 5. The highest BCUT2D eigenvalue weighted by molar-refractivity contribution is 6.02. The summed E-state index contributed by atoms with van der Waals surface area (Å²) in [6.07, 6.45) is 4.43. The number of aliphatic imine (C=N–C) groups is 1. The fraction of sp³-hybridized carbons (Fsp3) is 0.130. The van der Waals surface area contributed by atoms with Gasteiger partial charge in [0.1, 0.15) is 17.5 Å². The summed E-state index contributed by atoms with van der Waals surface area (Å²) in [7, 11) is 3.10. The van der Waals surface area contributed by atoms with Gasteiger partial charge in [-0.05, 0) is 36.0 Å². The molecule has 0 saturated heterocycles. The van der Waals surface area contributed by atoms with E-state index in [9.17, 15) is 13.6 Å². The third-order valence-electron chi connectivity index (χ3n) is 5.35. The van der Waals surface area contributed by atoms with Gasteiger partial charge >= 0.3 is 11.3 Å². The van der Waals surface area contributed by atoms with Crippen molar-refractivity contribution in [1.29, 1.82) is 5.41 Å². The highest BCUT2D eigenvalue weighted by Gasteiger charge is 2.19. The summed E-state index contributed by atoms with van der Waals surface area (Å²) in [6, 6.07) is 7.87. The molecule has 0 amide bonds. The maximum atomic E-state index is 13.7. The summed E-state index contributed by atoms with van der Waals surface area (Å²) in [5.74, 6) is -0.686. The Morgan fingerprint density at radius 1 is 1.25 bits per heavy atom. The molecule has 4 aromatic rings. The van der Waals surface area contributed by atoms with E-state index >= 15 is 0 Å². The molecule has 4 rings (SSSR count). The van der Waals surface area contributed by atoms with Crippen LogP contribution in [0.15, 0.2) is 64.7 Å². The predicted molar refractivity (Wildman–Crippen MR) is 130 cm³/mol. The molecule has 3 heterocycles. The molecule has 0 fully saturated rings. The molecule has 0 atom stereocenters. The Kier molecular flexibility index (Phi) is 6.54. The van der Waals surface area contributed by atoms with Gasteiger partial charge in [-0.15, -0.1) is 0 Å². The number of aryl methyl sites for hydroxylation is 1. The van der Waals surface area contributed by atoms with Crippen molar-refractivity contribution >= 4 is 23.2 Å². The zero-order valence-corrected chi connectivity index (χ0v) is 19.4. The Bertz CT molecular complexity index is 1640. The van der Waals surface area contributed by atoms with Gasteiger partial charge < -0.3 is 16.8 Å². The lowest BCUT2D eigenvalue weighted by atomic mass is 10.2. The van der Waals surface area contributed by atoms with E-state index in [1.165, 1.54) is 22.2 Å². The summed E-state index contributed by atoms with van der Waals surface area (Å²) >= 11 is 0. The summed E-state index contributed by atoms with van der Waals surface area (Å²) in [5, 5.41) is 11.5. The van der Waals surface area contributed by atoms with Crippen LogP contribution in [0.1, 0.15) is 5.56 Å². The summed E-state index contributed by atoms with van der Waals surface area (Å²) in [6.45, 7) is -0.218. The number of pyridine rings is 1. The first kappa shape index (κ1) is 24.2. The predicted octanol–water partition coefficient (Wildman–Crippen LogP) is 0.683. The van der Waals surface area contributed by atoms with E-state index in [-0.39, 0.29) is 29.5 Å². The average Bonchev–Trinajstić information content (AvgIpc) is 2.84. The Morgan fingerprint density at radius 3 is 2.64 bits per heavy atom. The van der Waals surface area contributed by atoms with Gasteiger partial charge in [-0.2, -0.15) is 14.4 Å². The molecule has 6 N–H and O–H groups in total. The summed E-state index contributed by atoms with van der Waals surface area (Å²) in [5.41, 5.74) is 12.5. The number of nitrogen functional groups attached to an aromatic ring is 1. The monoisotopic (exact) mass is 493 g/mol. The van der Waals surface area contributed by atoms with Gasteiger partial charge in [0, 0.05) is 44.1 Å². The average molecular weight is 494 g/mol. The number of hydrogen-bond donors (Lipinski definition) is 4. The number of rotatable bonds is 5. The lowest BCUT2D eigenvalue weighted by molar-refractivity contribution is -0.529. The van der Waals surface area contributed by atoms with E-state index in [2.05, 4.69) is 20.3 Å². The lowest BCUT2D eigenvalue weighted by Gasteiger charge is -2.12. The molecule has 184 valence electrons. The summed E-state index contributed by atoms with van der Waals surface area (Å²) in [4.78, 5) is 25.8. The van der Waals surface area contributed by atoms with Crippen LogP contribution in [0.4, 0.5) is 20.5 Å². The number of fused-ring (bicyclic) bond motifs is 1. The Balaban J connectivity index is 1.82. The third kappa shape index (κ3) is 4.66. The van der Waals surface area contributed by atoms with Crippen LogP contribution in [0.3, 0.4) is 0 Å². The number of nitrogens with zero attached hydrogens (tertiary/aromatic N) is 6. The van der Waals surface area contributed by atoms with E-state index in [4.69, 9.17) is 16.9 Å². The fourth-order valence-corrected chi connectivity index (χ4v) is 3.70. The topological polar surface area (TPSA) is 157 Å². The minimum Gasteiger partial charge on any atom is -0.404 e. The minimum atomic E-state index is -0.776. The SMILES string of the molecule is CN=C(C=CN)Nc1nccc(-c2cc(N)[n+]3c(=N)n(Cc4cc(F)cc(F)c4)c(=O)n(C)c3c2)n1. The molecule has 0 spiro atoms. The largest absolute Gasteiger partial charge is 0.404 e. The van der Waals surface area contributed by atoms with Crippen molar-refractivity contribution in [1.82, 2.24) is 19.1 Å². The first-order chi connectivity index (χ1) is 17.2. The van der Waals surface area contributed by atoms with Gasteiger partial charge in [0.25, 0.3) is 0 Å². The number of benzene rings is 1. The van der Waals surface area contributed by atoms with Crippen LogP contribution < -0.4 is 32.5 Å². The van der Waals surface area contributed by atoms with Crippen molar-refractivity contribution in [3.05, 3.63) is 88.2 Å². The van der Waals surface area contributed by atoms with Crippen LogP contribution in [-0.2, 0) is 13.6 Å². The molecule has 0 aliphatic carbocycles. The fourth-order valence-electron chi connectivity index (χ4n) is 3.70. The van der Waals surface area contributed by atoms with Crippen molar-refractivity contribution in [2.75, 3.05) is 18.1 Å². The Morgan fingerprint density at radius 2 is 1.97 bits per heavy atom. The molecule has 1 aromatic carbocycles. The van der Waals surface area contributed by atoms with Crippen LogP contribution in [0.25, 0.3) is 16.9 Å². The van der Waals surface area contributed by atoms with E-state index in [0.717, 1.165) is 22.8 Å². The van der Waals surface area contributed by atoms with Gasteiger partial charge in [-0.1, -0.05) is 0 Å². The molecule has 11 nitrogen and oxygen atoms in total. The van der Waals surface area contributed by atoms with Crippen molar-refractivity contribution in [2.24, 2.45) is 17.8 Å². The molecular weight excluding hydrogens is 470 g/mol. The molecule has 13 heteroatoms. The molecule has 3 aromatic heterocycles. The standard InChI is InChI=1S/C23H22F2N10O/c1-29-19(3-5-26)32-22-30-6-4-17(31-22)14-9-18(27)35-20(10-14)33(2)23(36)34(21(35)28)12-13-7-15(24)11-16(25)8-13/h3-11,27-28H,12H2,1-2H3,(H3,26,29,30,31,32)/p+1. The van der Waals surface area contributed by atoms with Crippen LogP contribution in [0, 0.1) is 17.0 Å². The van der Waals surface area contributed by atoms with Gasteiger partial charge in [0.05, 0.1) is 12.2 Å². The highest BCUT2D eigenvalue weighted by atomic mass is 19.1. The van der Waals surface area contributed by atoms with Crippen molar-refractivity contribution < 1.29 is 13.2 Å². The normalized spacial score (nSPS) is 11.9. The van der Waals surface area contributed by atoms with Crippen molar-refractivity contribution in [2.45, 2.75) is 6.54 Å². The van der Waals surface area contributed by atoms with Crippen LogP contribution in [0.2, 0.25) is 0 Å². The second-order valence-corrected chi connectivity index (χ2v) is 7.75. The van der Waals surface area contributed by atoms with E-state index in [0.29, 0.717) is 22.7 Å². The first-order valence-corrected chi connectivity index (χ1v) is 10.6. The number of halogens is 2. The van der Waals surface area contributed by atoms with E-state index in [1.54, 1.807) is 37.5 Å². The Labute approximate surface area is 203 Å². The second-order valence-electron chi connectivity index (χ2n) is 7.75. The molecule has 36 heavy (non-hydrogen) atoms. The smallest absolute Gasteiger partial charge is 0.400 e.